The van der Waals surface area contributed by atoms with Crippen LogP contribution in [0.3, 0.4) is 0 Å². The van der Waals surface area contributed by atoms with Gasteiger partial charge in [0.15, 0.2) is 5.82 Å². The zero-order chi connectivity index (χ0) is 13.0. The van der Waals surface area contributed by atoms with Crippen LogP contribution < -0.4 is 5.73 Å². The maximum atomic E-state index is 5.85. The molecule has 2 aromatic rings. The molecule has 94 valence electrons. The van der Waals surface area contributed by atoms with Gasteiger partial charge in [-0.05, 0) is 19.1 Å². The molecular formula is C13H14ClN3O. The summed E-state index contributed by atoms with van der Waals surface area (Å²) in [5.74, 6) is 1.02. The van der Waals surface area contributed by atoms with Crippen LogP contribution in [0.2, 0.25) is 5.02 Å². The zero-order valence-corrected chi connectivity index (χ0v) is 10.8. The van der Waals surface area contributed by atoms with Crippen LogP contribution in [0.1, 0.15) is 12.7 Å². The Hall–Kier alpha value is -1.65. The average molecular weight is 264 g/mol. The Labute approximate surface area is 111 Å². The van der Waals surface area contributed by atoms with Gasteiger partial charge in [0, 0.05) is 23.3 Å². The van der Waals surface area contributed by atoms with E-state index in [1.807, 2.05) is 31.2 Å². The minimum atomic E-state index is 0.363. The van der Waals surface area contributed by atoms with Crippen molar-refractivity contribution in [3.05, 3.63) is 41.2 Å². The number of benzene rings is 1. The summed E-state index contributed by atoms with van der Waals surface area (Å²) >= 11 is 5.85. The number of halogens is 1. The van der Waals surface area contributed by atoms with Gasteiger partial charge in [0.2, 0.25) is 0 Å². The lowest BCUT2D eigenvalue weighted by molar-refractivity contribution is 0.128. The van der Waals surface area contributed by atoms with Gasteiger partial charge in [0.1, 0.15) is 12.4 Å². The number of anilines is 1. The minimum Gasteiger partial charge on any atom is -0.384 e. The SMILES string of the molecule is CCOCc1nc(N)cc(-c2ccc(Cl)cc2)n1. The summed E-state index contributed by atoms with van der Waals surface area (Å²) in [6, 6.07) is 9.16. The van der Waals surface area contributed by atoms with E-state index in [0.717, 1.165) is 11.3 Å². The monoisotopic (exact) mass is 263 g/mol. The Bertz CT molecular complexity index is 528. The van der Waals surface area contributed by atoms with Crippen molar-refractivity contribution in [1.82, 2.24) is 9.97 Å². The van der Waals surface area contributed by atoms with E-state index in [4.69, 9.17) is 22.1 Å². The van der Waals surface area contributed by atoms with Gasteiger partial charge in [-0.1, -0.05) is 23.7 Å². The van der Waals surface area contributed by atoms with Gasteiger partial charge in [0.05, 0.1) is 5.69 Å². The molecule has 2 rings (SSSR count). The molecule has 0 aliphatic carbocycles. The molecular weight excluding hydrogens is 250 g/mol. The normalized spacial score (nSPS) is 10.6. The molecule has 0 atom stereocenters. The van der Waals surface area contributed by atoms with Crippen molar-refractivity contribution in [3.63, 3.8) is 0 Å². The summed E-state index contributed by atoms with van der Waals surface area (Å²) in [5.41, 5.74) is 7.49. The van der Waals surface area contributed by atoms with Crippen LogP contribution in [-0.2, 0) is 11.3 Å². The van der Waals surface area contributed by atoms with Crippen LogP contribution in [0.4, 0.5) is 5.82 Å². The number of hydrogen-bond donors (Lipinski definition) is 1. The molecule has 0 fully saturated rings. The first-order valence-electron chi connectivity index (χ1n) is 5.66. The maximum absolute atomic E-state index is 5.85. The number of nitrogen functional groups attached to an aromatic ring is 1. The fourth-order valence-corrected chi connectivity index (χ4v) is 1.67. The predicted octanol–water partition coefficient (Wildman–Crippen LogP) is 2.92. The van der Waals surface area contributed by atoms with Crippen LogP contribution in [0.15, 0.2) is 30.3 Å². The molecule has 0 amide bonds. The molecule has 4 nitrogen and oxygen atoms in total. The van der Waals surface area contributed by atoms with Gasteiger partial charge in [-0.15, -0.1) is 0 Å². The minimum absolute atomic E-state index is 0.363. The highest BCUT2D eigenvalue weighted by Gasteiger charge is 2.05. The van der Waals surface area contributed by atoms with Crippen molar-refractivity contribution in [1.29, 1.82) is 0 Å². The second-order valence-corrected chi connectivity index (χ2v) is 4.17. The molecule has 0 aliphatic heterocycles. The molecule has 0 aliphatic rings. The smallest absolute Gasteiger partial charge is 0.157 e. The Morgan fingerprint density at radius 2 is 1.94 bits per heavy atom. The molecule has 1 heterocycles. The van der Waals surface area contributed by atoms with E-state index in [2.05, 4.69) is 9.97 Å². The summed E-state index contributed by atoms with van der Waals surface area (Å²) in [5, 5.41) is 0.690. The van der Waals surface area contributed by atoms with E-state index in [1.54, 1.807) is 6.07 Å². The third kappa shape index (κ3) is 3.18. The summed E-state index contributed by atoms with van der Waals surface area (Å²) < 4.78 is 5.28. The summed E-state index contributed by atoms with van der Waals surface area (Å²) in [4.78, 5) is 8.54. The Balaban J connectivity index is 2.32. The van der Waals surface area contributed by atoms with Gasteiger partial charge < -0.3 is 10.5 Å². The third-order valence-electron chi connectivity index (χ3n) is 2.37. The van der Waals surface area contributed by atoms with Crippen LogP contribution >= 0.6 is 11.6 Å². The van der Waals surface area contributed by atoms with Gasteiger partial charge >= 0.3 is 0 Å². The first kappa shape index (κ1) is 12.8. The summed E-state index contributed by atoms with van der Waals surface area (Å²) in [7, 11) is 0. The Kier molecular flexibility index (Phi) is 4.12. The third-order valence-corrected chi connectivity index (χ3v) is 2.62. The van der Waals surface area contributed by atoms with E-state index in [-0.39, 0.29) is 0 Å². The van der Waals surface area contributed by atoms with Crippen molar-refractivity contribution in [2.45, 2.75) is 13.5 Å². The van der Waals surface area contributed by atoms with Gasteiger partial charge in [-0.3, -0.25) is 0 Å². The molecule has 0 radical (unpaired) electrons. The summed E-state index contributed by atoms with van der Waals surface area (Å²) in [6.45, 7) is 2.91. The van der Waals surface area contributed by atoms with Crippen LogP contribution in [0.25, 0.3) is 11.3 Å². The highest BCUT2D eigenvalue weighted by atomic mass is 35.5. The molecule has 1 aromatic carbocycles. The van der Waals surface area contributed by atoms with Crippen molar-refractivity contribution < 1.29 is 4.74 Å². The van der Waals surface area contributed by atoms with Gasteiger partial charge in [0.25, 0.3) is 0 Å². The average Bonchev–Trinajstić information content (AvgIpc) is 2.36. The Morgan fingerprint density at radius 3 is 2.61 bits per heavy atom. The first-order valence-corrected chi connectivity index (χ1v) is 6.04. The number of nitrogens with zero attached hydrogens (tertiary/aromatic N) is 2. The lowest BCUT2D eigenvalue weighted by Gasteiger charge is -2.06. The highest BCUT2D eigenvalue weighted by Crippen LogP contribution is 2.21. The van der Waals surface area contributed by atoms with Gasteiger partial charge in [-0.25, -0.2) is 9.97 Å². The number of hydrogen-bond acceptors (Lipinski definition) is 4. The molecule has 0 spiro atoms. The quantitative estimate of drug-likeness (QED) is 0.921. The van der Waals surface area contributed by atoms with Crippen LogP contribution in [0, 0.1) is 0 Å². The standard InChI is InChI=1S/C13H14ClN3O/c1-2-18-8-13-16-11(7-12(15)17-13)9-3-5-10(14)6-4-9/h3-7H,2,8H2,1H3,(H2,15,16,17). The van der Waals surface area contributed by atoms with E-state index in [1.165, 1.54) is 0 Å². The molecule has 18 heavy (non-hydrogen) atoms. The topological polar surface area (TPSA) is 61.0 Å². The zero-order valence-electron chi connectivity index (χ0n) is 10.1. The maximum Gasteiger partial charge on any atom is 0.157 e. The lowest BCUT2D eigenvalue weighted by Crippen LogP contribution is -2.03. The number of ether oxygens (including phenoxy) is 1. The van der Waals surface area contributed by atoms with E-state index in [9.17, 15) is 0 Å². The van der Waals surface area contributed by atoms with Crippen molar-refractivity contribution in [2.75, 3.05) is 12.3 Å². The molecule has 2 N–H and O–H groups in total. The highest BCUT2D eigenvalue weighted by molar-refractivity contribution is 6.30. The second-order valence-electron chi connectivity index (χ2n) is 3.74. The van der Waals surface area contributed by atoms with Crippen LogP contribution in [-0.4, -0.2) is 16.6 Å². The van der Waals surface area contributed by atoms with Crippen molar-refractivity contribution >= 4 is 17.4 Å². The molecule has 1 aromatic heterocycles. The van der Waals surface area contributed by atoms with Crippen LogP contribution in [0.5, 0.6) is 0 Å². The lowest BCUT2D eigenvalue weighted by atomic mass is 10.1. The number of aromatic nitrogens is 2. The summed E-state index contributed by atoms with van der Waals surface area (Å²) in [6.07, 6.45) is 0. The molecule has 0 unspecified atom stereocenters. The first-order chi connectivity index (χ1) is 8.69. The predicted molar refractivity (Wildman–Crippen MR) is 72.2 cm³/mol. The fraction of sp³-hybridized carbons (Fsp3) is 0.231. The Morgan fingerprint density at radius 1 is 1.22 bits per heavy atom. The van der Waals surface area contributed by atoms with E-state index >= 15 is 0 Å². The van der Waals surface area contributed by atoms with E-state index in [0.29, 0.717) is 29.9 Å². The number of nitrogens with two attached hydrogens (primary N) is 1. The van der Waals surface area contributed by atoms with E-state index < -0.39 is 0 Å². The molecule has 0 saturated heterocycles. The largest absolute Gasteiger partial charge is 0.384 e. The van der Waals surface area contributed by atoms with Crippen molar-refractivity contribution in [3.8, 4) is 11.3 Å². The second kappa shape index (κ2) is 5.80. The number of rotatable bonds is 4. The molecule has 0 bridgehead atoms. The molecule has 5 heteroatoms. The molecule has 0 saturated carbocycles. The van der Waals surface area contributed by atoms with Gasteiger partial charge in [-0.2, -0.15) is 0 Å². The fourth-order valence-electron chi connectivity index (χ4n) is 1.54. The van der Waals surface area contributed by atoms with Crippen molar-refractivity contribution in [2.24, 2.45) is 0 Å².